The third-order valence-corrected chi connectivity index (χ3v) is 4.62. The van der Waals surface area contributed by atoms with Gasteiger partial charge in [0.2, 0.25) is 5.89 Å². The average molecular weight is 380 g/mol. The topological polar surface area (TPSA) is 73.6 Å². The lowest BCUT2D eigenvalue weighted by Crippen LogP contribution is -2.31. The third-order valence-electron chi connectivity index (χ3n) is 4.62. The van der Waals surface area contributed by atoms with Gasteiger partial charge in [0, 0.05) is 18.2 Å². The number of esters is 1. The van der Waals surface area contributed by atoms with Crippen LogP contribution in [-0.2, 0) is 16.1 Å². The van der Waals surface area contributed by atoms with E-state index in [0.29, 0.717) is 12.4 Å². The number of nitrogens with one attached hydrogen (secondary N) is 1. The fourth-order valence-electron chi connectivity index (χ4n) is 3.03. The minimum atomic E-state index is -0.347. The molecule has 146 valence electrons. The van der Waals surface area contributed by atoms with E-state index < -0.39 is 0 Å². The number of aromatic nitrogens is 1. The fraction of sp³-hybridized carbons (Fsp3) is 0.273. The molecule has 1 aromatic heterocycles. The van der Waals surface area contributed by atoms with Gasteiger partial charge in [-0.2, -0.15) is 0 Å². The van der Waals surface area contributed by atoms with Gasteiger partial charge in [0.25, 0.3) is 0 Å². The van der Waals surface area contributed by atoms with E-state index in [1.54, 1.807) is 13.4 Å². The maximum atomic E-state index is 12.1. The molecule has 0 aliphatic rings. The Morgan fingerprint density at radius 1 is 1.11 bits per heavy atom. The van der Waals surface area contributed by atoms with Crippen LogP contribution in [0.15, 0.2) is 65.3 Å². The second-order valence-corrected chi connectivity index (χ2v) is 6.45. The molecule has 1 N–H and O–H groups in total. The molecule has 2 aromatic carbocycles. The van der Waals surface area contributed by atoms with Crippen LogP contribution in [0.25, 0.3) is 11.5 Å². The molecule has 2 unspecified atom stereocenters. The van der Waals surface area contributed by atoms with Crippen LogP contribution in [0, 0.1) is 5.92 Å². The zero-order valence-corrected chi connectivity index (χ0v) is 16.2. The highest BCUT2D eigenvalue weighted by molar-refractivity contribution is 5.73. The molecule has 0 spiro atoms. The Balaban J connectivity index is 1.72. The maximum absolute atomic E-state index is 12.1. The summed E-state index contributed by atoms with van der Waals surface area (Å²) in [5, 5.41) is 3.41. The van der Waals surface area contributed by atoms with Crippen molar-refractivity contribution >= 4 is 5.97 Å². The molecule has 0 radical (unpaired) electrons. The first kappa shape index (κ1) is 19.6. The van der Waals surface area contributed by atoms with E-state index in [1.807, 2.05) is 61.5 Å². The van der Waals surface area contributed by atoms with E-state index >= 15 is 0 Å². The van der Waals surface area contributed by atoms with Crippen molar-refractivity contribution in [1.29, 1.82) is 0 Å². The van der Waals surface area contributed by atoms with Crippen molar-refractivity contribution in [2.24, 2.45) is 5.92 Å². The van der Waals surface area contributed by atoms with Crippen LogP contribution >= 0.6 is 0 Å². The van der Waals surface area contributed by atoms with Gasteiger partial charge < -0.3 is 19.2 Å². The first-order chi connectivity index (χ1) is 13.6. The van der Waals surface area contributed by atoms with Crippen LogP contribution < -0.4 is 10.1 Å². The van der Waals surface area contributed by atoms with Gasteiger partial charge >= 0.3 is 5.97 Å². The molecule has 2 atom stereocenters. The Morgan fingerprint density at radius 2 is 1.82 bits per heavy atom. The molecule has 0 amide bonds. The summed E-state index contributed by atoms with van der Waals surface area (Å²) < 4.78 is 15.7. The van der Waals surface area contributed by atoms with Crippen molar-refractivity contribution in [3.8, 4) is 17.2 Å². The highest BCUT2D eigenvalue weighted by Gasteiger charge is 2.26. The molecule has 0 bridgehead atoms. The second-order valence-electron chi connectivity index (χ2n) is 6.45. The van der Waals surface area contributed by atoms with Crippen LogP contribution in [0.4, 0.5) is 0 Å². The molecule has 0 saturated carbocycles. The molecule has 3 rings (SSSR count). The quantitative estimate of drug-likeness (QED) is 0.596. The number of oxazole rings is 1. The van der Waals surface area contributed by atoms with Gasteiger partial charge in [-0.25, -0.2) is 4.98 Å². The van der Waals surface area contributed by atoms with Crippen LogP contribution in [0.1, 0.15) is 24.2 Å². The summed E-state index contributed by atoms with van der Waals surface area (Å²) in [7, 11) is 3.03. The van der Waals surface area contributed by atoms with Crippen molar-refractivity contribution < 1.29 is 18.7 Å². The number of ether oxygens (including phenoxy) is 2. The van der Waals surface area contributed by atoms with Gasteiger partial charge in [-0.1, -0.05) is 37.3 Å². The summed E-state index contributed by atoms with van der Waals surface area (Å²) in [6.45, 7) is 2.31. The minimum Gasteiger partial charge on any atom is -0.497 e. The normalized spacial score (nSPS) is 13.0. The highest BCUT2D eigenvalue weighted by atomic mass is 16.5. The molecule has 6 heteroatoms. The summed E-state index contributed by atoms with van der Waals surface area (Å²) in [5.41, 5.74) is 2.64. The summed E-state index contributed by atoms with van der Waals surface area (Å²) in [6.07, 6.45) is 1.62. The van der Waals surface area contributed by atoms with E-state index in [0.717, 1.165) is 22.6 Å². The summed E-state index contributed by atoms with van der Waals surface area (Å²) in [6, 6.07) is 17.1. The van der Waals surface area contributed by atoms with Gasteiger partial charge in [-0.05, 0) is 29.8 Å². The van der Waals surface area contributed by atoms with Gasteiger partial charge in [0.15, 0.2) is 0 Å². The lowest BCUT2D eigenvalue weighted by molar-refractivity contribution is -0.146. The molecule has 0 saturated heterocycles. The molecular formula is C22H24N2O4. The maximum Gasteiger partial charge on any atom is 0.310 e. The predicted molar refractivity (Wildman–Crippen MR) is 106 cm³/mol. The molecule has 0 aliphatic carbocycles. The monoisotopic (exact) mass is 380 g/mol. The Bertz CT molecular complexity index is 890. The number of hydrogen-bond donors (Lipinski definition) is 1. The lowest BCUT2D eigenvalue weighted by Gasteiger charge is -2.23. The SMILES string of the molecule is COC(=O)C(C)C(NCc1coc(-c2ccc(OC)cc2)n1)c1ccccc1. The average Bonchev–Trinajstić information content (AvgIpc) is 3.23. The van der Waals surface area contributed by atoms with E-state index in [2.05, 4.69) is 10.3 Å². The van der Waals surface area contributed by atoms with Crippen molar-refractivity contribution in [3.05, 3.63) is 72.1 Å². The third kappa shape index (κ3) is 4.58. The van der Waals surface area contributed by atoms with E-state index in [1.165, 1.54) is 7.11 Å². The van der Waals surface area contributed by atoms with Gasteiger partial charge in [-0.15, -0.1) is 0 Å². The standard InChI is InChI=1S/C22H24N2O4/c1-15(22(25)27-3)20(16-7-5-4-6-8-16)23-13-18-14-28-21(24-18)17-9-11-19(26-2)12-10-17/h4-12,14-15,20,23H,13H2,1-3H3. The number of carbonyl (C=O) groups excluding carboxylic acids is 1. The second kappa shape index (κ2) is 9.19. The van der Waals surface area contributed by atoms with Crippen molar-refractivity contribution in [2.75, 3.05) is 14.2 Å². The first-order valence-corrected chi connectivity index (χ1v) is 9.07. The molecular weight excluding hydrogens is 356 g/mol. The van der Waals surface area contributed by atoms with Gasteiger partial charge in [0.1, 0.15) is 12.0 Å². The Morgan fingerprint density at radius 3 is 2.46 bits per heavy atom. The number of nitrogens with zero attached hydrogens (tertiary/aromatic N) is 1. The zero-order chi connectivity index (χ0) is 19.9. The summed E-state index contributed by atoms with van der Waals surface area (Å²) >= 11 is 0. The van der Waals surface area contributed by atoms with Gasteiger partial charge in [-0.3, -0.25) is 4.79 Å². The minimum absolute atomic E-state index is 0.199. The molecule has 1 heterocycles. The number of benzene rings is 2. The summed E-state index contributed by atoms with van der Waals surface area (Å²) in [5.74, 6) is 0.706. The van der Waals surface area contributed by atoms with E-state index in [9.17, 15) is 4.79 Å². The Labute approximate surface area is 164 Å². The molecule has 0 aliphatic heterocycles. The number of rotatable bonds is 8. The van der Waals surface area contributed by atoms with Crippen molar-refractivity contribution in [3.63, 3.8) is 0 Å². The zero-order valence-electron chi connectivity index (χ0n) is 16.2. The lowest BCUT2D eigenvalue weighted by atomic mass is 9.94. The van der Waals surface area contributed by atoms with Gasteiger partial charge in [0.05, 0.1) is 25.8 Å². The molecule has 6 nitrogen and oxygen atoms in total. The number of hydrogen-bond acceptors (Lipinski definition) is 6. The number of methoxy groups -OCH3 is 2. The largest absolute Gasteiger partial charge is 0.497 e. The fourth-order valence-corrected chi connectivity index (χ4v) is 3.03. The Kier molecular flexibility index (Phi) is 6.45. The first-order valence-electron chi connectivity index (χ1n) is 9.07. The highest BCUT2D eigenvalue weighted by Crippen LogP contribution is 2.25. The van der Waals surface area contributed by atoms with Crippen LogP contribution in [-0.4, -0.2) is 25.2 Å². The van der Waals surface area contributed by atoms with Crippen LogP contribution in [0.5, 0.6) is 5.75 Å². The van der Waals surface area contributed by atoms with Crippen molar-refractivity contribution in [2.45, 2.75) is 19.5 Å². The van der Waals surface area contributed by atoms with E-state index in [-0.39, 0.29) is 17.9 Å². The number of carbonyl (C=O) groups is 1. The van der Waals surface area contributed by atoms with E-state index in [4.69, 9.17) is 13.9 Å². The van der Waals surface area contributed by atoms with Crippen molar-refractivity contribution in [1.82, 2.24) is 10.3 Å². The van der Waals surface area contributed by atoms with Crippen LogP contribution in [0.2, 0.25) is 0 Å². The molecule has 3 aromatic rings. The predicted octanol–water partition coefficient (Wildman–Crippen LogP) is 3.99. The summed E-state index contributed by atoms with van der Waals surface area (Å²) in [4.78, 5) is 16.6. The molecule has 28 heavy (non-hydrogen) atoms. The molecule has 0 fully saturated rings. The van der Waals surface area contributed by atoms with Crippen LogP contribution in [0.3, 0.4) is 0 Å². The smallest absolute Gasteiger partial charge is 0.310 e. The Hall–Kier alpha value is -3.12.